The van der Waals surface area contributed by atoms with Gasteiger partial charge in [-0.3, -0.25) is 24.1 Å². The fraction of sp³-hybridized carbons (Fsp3) is 0.390. The van der Waals surface area contributed by atoms with E-state index in [1.165, 1.54) is 17.8 Å². The number of alkyl halides is 1. The monoisotopic (exact) mass is 865 g/mol. The van der Waals surface area contributed by atoms with Gasteiger partial charge in [0.2, 0.25) is 0 Å². The molecule has 19 heteroatoms. The highest BCUT2D eigenvalue weighted by molar-refractivity contribution is 6.30. The minimum absolute atomic E-state index is 0.0631. The van der Waals surface area contributed by atoms with Crippen molar-refractivity contribution in [3.8, 4) is 11.5 Å². The number of aromatic nitrogens is 4. The maximum absolute atomic E-state index is 13.7. The van der Waals surface area contributed by atoms with Gasteiger partial charge in [0.05, 0.1) is 11.6 Å². The fourth-order valence-electron chi connectivity index (χ4n) is 7.48. The van der Waals surface area contributed by atoms with Crippen LogP contribution in [0.4, 0.5) is 4.79 Å². The van der Waals surface area contributed by atoms with Crippen LogP contribution in [0.1, 0.15) is 68.9 Å². The van der Waals surface area contributed by atoms with E-state index in [-0.39, 0.29) is 12.0 Å². The maximum atomic E-state index is 13.7. The lowest BCUT2D eigenvalue weighted by molar-refractivity contribution is -0.270. The third-order valence-corrected chi connectivity index (χ3v) is 10.5. The molecule has 2 aliphatic heterocycles. The van der Waals surface area contributed by atoms with E-state index in [2.05, 4.69) is 21.4 Å². The van der Waals surface area contributed by atoms with Crippen molar-refractivity contribution in [3.63, 3.8) is 0 Å². The first kappa shape index (κ1) is 42.2. The largest absolute Gasteiger partial charge is 0.487 e. The first-order valence-corrected chi connectivity index (χ1v) is 19.8. The standard InChI is InChI=1S/C41H41Cl2N5O12/c1-21(49)54-20-34-37(56-22(2)50)38(57-23(3)51)39(58-24(4)52)40(60-34)48-18-28(45-46-48)19-55-29-10-5-25(6-11-29)36-35-31(32-17-27(43)9-14-33(32)44-35)15-16-47(36)41(53)59-30-12-7-26(42)8-13-30/h5-8,10-14,17-18,27,34,36-40,44H,9,15-16,19-20H2,1-4H3/t27?,34?,36-,37?,38?,39?,40?/m0/s1. The Kier molecular flexibility index (Phi) is 12.8. The molecule has 0 spiro atoms. The average Bonchev–Trinajstić information content (AvgIpc) is 3.83. The highest BCUT2D eigenvalue weighted by Gasteiger charge is 2.53. The number of hydrogen-bond acceptors (Lipinski definition) is 14. The topological polar surface area (TPSA) is 200 Å². The molecule has 0 radical (unpaired) electrons. The van der Waals surface area contributed by atoms with Crippen LogP contribution >= 0.6 is 23.2 Å². The third-order valence-electron chi connectivity index (χ3n) is 9.91. The smallest absolute Gasteiger partial charge is 0.416 e. The Morgan fingerprint density at radius 1 is 0.867 bits per heavy atom. The van der Waals surface area contributed by atoms with Crippen molar-refractivity contribution in [2.45, 2.75) is 89.2 Å². The van der Waals surface area contributed by atoms with Gasteiger partial charge in [-0.25, -0.2) is 9.48 Å². The number of hydrogen-bond donors (Lipinski definition) is 1. The zero-order chi connectivity index (χ0) is 42.7. The van der Waals surface area contributed by atoms with Gasteiger partial charge in [-0.2, -0.15) is 0 Å². The fourth-order valence-corrected chi connectivity index (χ4v) is 7.82. The van der Waals surface area contributed by atoms with E-state index in [1.807, 2.05) is 18.2 Å². The third kappa shape index (κ3) is 9.59. The van der Waals surface area contributed by atoms with Crippen molar-refractivity contribution in [1.29, 1.82) is 0 Å². The van der Waals surface area contributed by atoms with Crippen LogP contribution in [0.3, 0.4) is 0 Å². The number of amides is 1. The molecule has 2 aromatic heterocycles. The molecule has 1 aliphatic carbocycles. The number of rotatable bonds is 11. The minimum Gasteiger partial charge on any atom is -0.487 e. The van der Waals surface area contributed by atoms with Crippen molar-refractivity contribution in [3.05, 3.63) is 92.8 Å². The summed E-state index contributed by atoms with van der Waals surface area (Å²) in [5, 5.41) is 10.8. The van der Waals surface area contributed by atoms with Crippen LogP contribution in [-0.4, -0.2) is 97.8 Å². The second-order valence-electron chi connectivity index (χ2n) is 14.3. The highest BCUT2D eigenvalue weighted by atomic mass is 35.5. The minimum atomic E-state index is -1.38. The second-order valence-corrected chi connectivity index (χ2v) is 15.3. The summed E-state index contributed by atoms with van der Waals surface area (Å²) in [6.45, 7) is 4.55. The number of esters is 4. The number of benzene rings is 2. The van der Waals surface area contributed by atoms with E-state index in [9.17, 15) is 24.0 Å². The molecule has 7 atom stereocenters. The molecule has 316 valence electrons. The molecule has 2 aromatic carbocycles. The molecule has 4 heterocycles. The van der Waals surface area contributed by atoms with Crippen LogP contribution in [-0.2, 0) is 55.9 Å². The summed E-state index contributed by atoms with van der Waals surface area (Å²) in [4.78, 5) is 67.3. The zero-order valence-corrected chi connectivity index (χ0v) is 34.4. The van der Waals surface area contributed by atoms with Gasteiger partial charge >= 0.3 is 30.0 Å². The summed E-state index contributed by atoms with van der Waals surface area (Å²) < 4.78 is 41.0. The number of aromatic amines is 1. The first-order chi connectivity index (χ1) is 28.7. The van der Waals surface area contributed by atoms with E-state index in [0.717, 1.165) is 48.2 Å². The Balaban J connectivity index is 1.11. The summed E-state index contributed by atoms with van der Waals surface area (Å²) in [6.07, 6.45) is -0.143. The van der Waals surface area contributed by atoms with Gasteiger partial charge in [0.25, 0.3) is 0 Å². The lowest BCUT2D eigenvalue weighted by atomic mass is 9.92. The van der Waals surface area contributed by atoms with E-state index in [4.69, 9.17) is 56.4 Å². The van der Waals surface area contributed by atoms with Crippen LogP contribution < -0.4 is 20.0 Å². The molecular formula is C41H41Cl2N5O12. The number of nitrogens with one attached hydrogen (secondary N) is 1. The Bertz CT molecular complexity index is 2380. The predicted molar refractivity (Wildman–Crippen MR) is 211 cm³/mol. The molecule has 1 fully saturated rings. The van der Waals surface area contributed by atoms with Gasteiger partial charge in [0.15, 0.2) is 24.5 Å². The first-order valence-electron chi connectivity index (χ1n) is 19.0. The number of carbonyl (C=O) groups excluding carboxylic acids is 5. The predicted octanol–water partition coefficient (Wildman–Crippen LogP) is 3.81. The van der Waals surface area contributed by atoms with Crippen molar-refractivity contribution in [1.82, 2.24) is 24.9 Å². The molecule has 60 heavy (non-hydrogen) atoms. The van der Waals surface area contributed by atoms with Crippen molar-refractivity contribution in [2.75, 3.05) is 13.2 Å². The quantitative estimate of drug-likeness (QED) is 0.130. The Morgan fingerprint density at radius 2 is 1.53 bits per heavy atom. The molecule has 7 rings (SSSR count). The van der Waals surface area contributed by atoms with Crippen LogP contribution in [0, 0.1) is 0 Å². The van der Waals surface area contributed by atoms with Crippen molar-refractivity contribution >= 4 is 65.3 Å². The molecule has 4 aromatic rings. The molecule has 1 N–H and O–H groups in total. The molecular weight excluding hydrogens is 825 g/mol. The number of nitrogens with zero attached hydrogens (tertiary/aromatic N) is 4. The lowest BCUT2D eigenvalue weighted by Crippen LogP contribution is -2.60. The number of halogens is 2. The molecule has 1 saturated heterocycles. The SMILES string of the molecule is CC(=O)OCC1OC(n2cc(COc3ccc([C@H]4c5[nH]c6c(c5CCN4C(=O)Oc4ccc(Cl)cc4)=CC(Cl)CC=6)cc3)nn2)C(OC(C)=O)C(OC(C)=O)C1OC(C)=O. The Hall–Kier alpha value is -5.91. The normalized spacial score (nSPS) is 23.1. The number of carbonyl (C=O) groups is 5. The summed E-state index contributed by atoms with van der Waals surface area (Å²) in [7, 11) is 0. The second kappa shape index (κ2) is 18.1. The van der Waals surface area contributed by atoms with Crippen LogP contribution in [0.5, 0.6) is 11.5 Å². The van der Waals surface area contributed by atoms with E-state index in [0.29, 0.717) is 41.6 Å². The molecule has 6 unspecified atom stereocenters. The molecule has 0 saturated carbocycles. The number of ether oxygens (including phenoxy) is 7. The lowest BCUT2D eigenvalue weighted by Gasteiger charge is -2.44. The summed E-state index contributed by atoms with van der Waals surface area (Å²) in [5.74, 6) is -2.06. The molecule has 0 bridgehead atoms. The molecule has 17 nitrogen and oxygen atoms in total. The van der Waals surface area contributed by atoms with E-state index < -0.39 is 73.3 Å². The van der Waals surface area contributed by atoms with Crippen LogP contribution in [0.2, 0.25) is 5.02 Å². The van der Waals surface area contributed by atoms with E-state index >= 15 is 0 Å². The summed E-state index contributed by atoms with van der Waals surface area (Å²) >= 11 is 12.6. The van der Waals surface area contributed by atoms with Crippen LogP contribution in [0.25, 0.3) is 12.2 Å². The van der Waals surface area contributed by atoms with Gasteiger partial charge in [0.1, 0.15) is 42.6 Å². The zero-order valence-electron chi connectivity index (χ0n) is 32.9. The summed E-state index contributed by atoms with van der Waals surface area (Å²) in [6, 6.07) is 13.3. The Morgan fingerprint density at radius 3 is 2.22 bits per heavy atom. The van der Waals surface area contributed by atoms with Crippen molar-refractivity contribution < 1.29 is 57.1 Å². The van der Waals surface area contributed by atoms with E-state index in [1.54, 1.807) is 41.3 Å². The Labute approximate surface area is 353 Å². The highest BCUT2D eigenvalue weighted by Crippen LogP contribution is 2.36. The molecule has 1 amide bonds. The van der Waals surface area contributed by atoms with Gasteiger partial charge < -0.3 is 38.1 Å². The van der Waals surface area contributed by atoms with Crippen LogP contribution in [0.15, 0.2) is 54.7 Å². The van der Waals surface area contributed by atoms with Crippen molar-refractivity contribution in [2.24, 2.45) is 0 Å². The summed E-state index contributed by atoms with van der Waals surface area (Å²) in [5.41, 5.74) is 3.09. The van der Waals surface area contributed by atoms with Gasteiger partial charge in [-0.05, 0) is 60.4 Å². The number of H-pyrrole nitrogens is 1. The average molecular weight is 867 g/mol. The van der Waals surface area contributed by atoms with Gasteiger partial charge in [0, 0.05) is 55.5 Å². The maximum Gasteiger partial charge on any atom is 0.416 e. The number of fused-ring (bicyclic) bond motifs is 3. The molecule has 3 aliphatic rings. The van der Waals surface area contributed by atoms with Gasteiger partial charge in [-0.15, -0.1) is 16.7 Å². The van der Waals surface area contributed by atoms with Gasteiger partial charge in [-0.1, -0.05) is 41.1 Å².